The smallest absolute Gasteiger partial charge is 0.305 e. The average molecular weight is 169 g/mol. The maximum atomic E-state index is 10.3. The molecule has 0 spiro atoms. The summed E-state index contributed by atoms with van der Waals surface area (Å²) in [7, 11) is 0. The van der Waals surface area contributed by atoms with Gasteiger partial charge in [0.1, 0.15) is 5.76 Å². The quantitative estimate of drug-likeness (QED) is 0.709. The van der Waals surface area contributed by atoms with Gasteiger partial charge < -0.3 is 15.3 Å². The third kappa shape index (κ3) is 1.85. The fourth-order valence-electron chi connectivity index (χ4n) is 1.08. The van der Waals surface area contributed by atoms with Crippen LogP contribution >= 0.6 is 0 Å². The highest BCUT2D eigenvalue weighted by atomic mass is 16.4. The summed E-state index contributed by atoms with van der Waals surface area (Å²) in [5, 5.41) is 8.46. The summed E-state index contributed by atoms with van der Waals surface area (Å²) in [6.45, 7) is 1.76. The van der Waals surface area contributed by atoms with Gasteiger partial charge in [-0.05, 0) is 13.0 Å². The molecular formula is C8H11NO3. The molecule has 66 valence electrons. The van der Waals surface area contributed by atoms with E-state index in [1.165, 1.54) is 6.26 Å². The van der Waals surface area contributed by atoms with E-state index in [0.29, 0.717) is 5.76 Å². The summed E-state index contributed by atoms with van der Waals surface area (Å²) in [6.07, 6.45) is 1.44. The maximum Gasteiger partial charge on any atom is 0.305 e. The van der Waals surface area contributed by atoms with Gasteiger partial charge in [0.25, 0.3) is 0 Å². The van der Waals surface area contributed by atoms with Crippen molar-refractivity contribution in [1.29, 1.82) is 0 Å². The Morgan fingerprint density at radius 1 is 1.83 bits per heavy atom. The number of furan rings is 1. The van der Waals surface area contributed by atoms with Gasteiger partial charge in [-0.15, -0.1) is 0 Å². The molecule has 0 aliphatic heterocycles. The Kier molecular flexibility index (Phi) is 2.50. The van der Waals surface area contributed by atoms with Crippen LogP contribution < -0.4 is 5.73 Å². The van der Waals surface area contributed by atoms with Crippen LogP contribution in [0, 0.1) is 6.92 Å². The molecule has 1 aromatic rings. The molecule has 1 heterocycles. The van der Waals surface area contributed by atoms with E-state index in [1.54, 1.807) is 13.0 Å². The Morgan fingerprint density at radius 2 is 2.50 bits per heavy atom. The summed E-state index contributed by atoms with van der Waals surface area (Å²) in [4.78, 5) is 10.3. The van der Waals surface area contributed by atoms with Gasteiger partial charge in [0.2, 0.25) is 0 Å². The molecule has 1 atom stereocenters. The Hall–Kier alpha value is -1.29. The molecule has 3 N–H and O–H groups in total. The van der Waals surface area contributed by atoms with E-state index < -0.39 is 12.0 Å². The number of hydrogen-bond donors (Lipinski definition) is 2. The van der Waals surface area contributed by atoms with Crippen LogP contribution in [0.15, 0.2) is 16.7 Å². The highest BCUT2D eigenvalue weighted by molar-refractivity contribution is 5.67. The van der Waals surface area contributed by atoms with E-state index in [-0.39, 0.29) is 6.42 Å². The summed E-state index contributed by atoms with van der Waals surface area (Å²) >= 11 is 0. The van der Waals surface area contributed by atoms with Crippen LogP contribution in [-0.2, 0) is 4.79 Å². The van der Waals surface area contributed by atoms with E-state index in [4.69, 9.17) is 15.3 Å². The first-order valence-electron chi connectivity index (χ1n) is 3.62. The van der Waals surface area contributed by atoms with Crippen molar-refractivity contribution in [3.63, 3.8) is 0 Å². The molecule has 4 nitrogen and oxygen atoms in total. The molecular weight excluding hydrogens is 158 g/mol. The highest BCUT2D eigenvalue weighted by Gasteiger charge is 2.14. The highest BCUT2D eigenvalue weighted by Crippen LogP contribution is 2.18. The predicted octanol–water partition coefficient (Wildman–Crippen LogP) is 1.06. The van der Waals surface area contributed by atoms with Crippen molar-refractivity contribution in [1.82, 2.24) is 0 Å². The van der Waals surface area contributed by atoms with E-state index in [0.717, 1.165) is 5.56 Å². The van der Waals surface area contributed by atoms with E-state index in [2.05, 4.69) is 0 Å². The van der Waals surface area contributed by atoms with Gasteiger partial charge in [-0.3, -0.25) is 4.79 Å². The van der Waals surface area contributed by atoms with E-state index in [1.807, 2.05) is 0 Å². The van der Waals surface area contributed by atoms with Gasteiger partial charge in [0, 0.05) is 11.6 Å². The maximum absolute atomic E-state index is 10.3. The number of carboxylic acids is 1. The van der Waals surface area contributed by atoms with Crippen LogP contribution in [0.1, 0.15) is 23.8 Å². The predicted molar refractivity (Wildman–Crippen MR) is 42.6 cm³/mol. The van der Waals surface area contributed by atoms with Crippen LogP contribution in [0.2, 0.25) is 0 Å². The van der Waals surface area contributed by atoms with Crippen LogP contribution in [-0.4, -0.2) is 11.1 Å². The van der Waals surface area contributed by atoms with Gasteiger partial charge in [-0.25, -0.2) is 0 Å². The molecule has 0 fully saturated rings. The molecule has 0 unspecified atom stereocenters. The zero-order valence-electron chi connectivity index (χ0n) is 6.78. The molecule has 0 radical (unpaired) electrons. The number of aliphatic carboxylic acids is 1. The second-order valence-corrected chi connectivity index (χ2v) is 2.64. The van der Waals surface area contributed by atoms with Gasteiger partial charge in [-0.1, -0.05) is 0 Å². The Morgan fingerprint density at radius 3 is 2.92 bits per heavy atom. The van der Waals surface area contributed by atoms with Crippen molar-refractivity contribution in [2.45, 2.75) is 19.4 Å². The summed E-state index contributed by atoms with van der Waals surface area (Å²) in [5.74, 6) is -0.216. The standard InChI is InChI=1S/C8H11NO3/c1-5-6(2-3-12-5)7(9)4-8(10)11/h2-3,7H,4,9H2,1H3,(H,10,11)/t7-/m1/s1. The molecule has 0 aliphatic rings. The Bertz CT molecular complexity index is 280. The number of carboxylic acid groups (broad SMARTS) is 1. The van der Waals surface area contributed by atoms with Crippen molar-refractivity contribution in [2.75, 3.05) is 0 Å². The molecule has 1 aromatic heterocycles. The minimum Gasteiger partial charge on any atom is -0.481 e. The molecule has 0 aromatic carbocycles. The van der Waals surface area contributed by atoms with Crippen LogP contribution in [0.4, 0.5) is 0 Å². The molecule has 4 heteroatoms. The molecule has 0 bridgehead atoms. The lowest BCUT2D eigenvalue weighted by atomic mass is 10.1. The molecule has 1 rings (SSSR count). The summed E-state index contributed by atoms with van der Waals surface area (Å²) < 4.78 is 4.99. The molecule has 0 saturated heterocycles. The first-order valence-corrected chi connectivity index (χ1v) is 3.62. The zero-order valence-corrected chi connectivity index (χ0v) is 6.78. The topological polar surface area (TPSA) is 76.5 Å². The van der Waals surface area contributed by atoms with Crippen molar-refractivity contribution in [3.05, 3.63) is 23.7 Å². The minimum absolute atomic E-state index is 0.0691. The minimum atomic E-state index is -0.900. The second-order valence-electron chi connectivity index (χ2n) is 2.64. The monoisotopic (exact) mass is 169 g/mol. The third-order valence-electron chi connectivity index (χ3n) is 1.69. The number of nitrogens with two attached hydrogens (primary N) is 1. The molecule has 0 amide bonds. The van der Waals surface area contributed by atoms with Crippen molar-refractivity contribution >= 4 is 5.97 Å². The summed E-state index contributed by atoms with van der Waals surface area (Å²) in [5.41, 5.74) is 6.36. The SMILES string of the molecule is Cc1occc1[C@H](N)CC(=O)O. The fourth-order valence-corrected chi connectivity index (χ4v) is 1.08. The lowest BCUT2D eigenvalue weighted by Crippen LogP contribution is -2.15. The fraction of sp³-hybridized carbons (Fsp3) is 0.375. The number of aryl methyl sites for hydroxylation is 1. The van der Waals surface area contributed by atoms with Crippen molar-refractivity contribution in [2.24, 2.45) is 5.73 Å². The van der Waals surface area contributed by atoms with E-state index in [9.17, 15) is 4.79 Å². The lowest BCUT2D eigenvalue weighted by molar-refractivity contribution is -0.137. The van der Waals surface area contributed by atoms with Gasteiger partial charge >= 0.3 is 5.97 Å². The third-order valence-corrected chi connectivity index (χ3v) is 1.69. The number of hydrogen-bond acceptors (Lipinski definition) is 3. The van der Waals surface area contributed by atoms with Crippen molar-refractivity contribution < 1.29 is 14.3 Å². The normalized spacial score (nSPS) is 12.8. The average Bonchev–Trinajstić information content (AvgIpc) is 2.33. The van der Waals surface area contributed by atoms with Gasteiger partial charge in [0.15, 0.2) is 0 Å². The van der Waals surface area contributed by atoms with Gasteiger partial charge in [0.05, 0.1) is 12.7 Å². The van der Waals surface area contributed by atoms with Crippen LogP contribution in [0.3, 0.4) is 0 Å². The molecule has 0 aliphatic carbocycles. The first-order chi connectivity index (χ1) is 5.61. The second kappa shape index (κ2) is 3.40. The largest absolute Gasteiger partial charge is 0.481 e. The first kappa shape index (κ1) is 8.80. The number of carbonyl (C=O) groups is 1. The lowest BCUT2D eigenvalue weighted by Gasteiger charge is -2.06. The Balaban J connectivity index is 2.71. The zero-order chi connectivity index (χ0) is 9.14. The van der Waals surface area contributed by atoms with Crippen LogP contribution in [0.25, 0.3) is 0 Å². The van der Waals surface area contributed by atoms with Crippen molar-refractivity contribution in [3.8, 4) is 0 Å². The molecule has 0 saturated carbocycles. The number of rotatable bonds is 3. The Labute approximate surface area is 70.0 Å². The van der Waals surface area contributed by atoms with Gasteiger partial charge in [-0.2, -0.15) is 0 Å². The summed E-state index contributed by atoms with van der Waals surface area (Å²) in [6, 6.07) is 1.23. The molecule has 12 heavy (non-hydrogen) atoms. The van der Waals surface area contributed by atoms with E-state index >= 15 is 0 Å². The van der Waals surface area contributed by atoms with Crippen LogP contribution in [0.5, 0.6) is 0 Å².